The maximum absolute atomic E-state index is 12.5. The van der Waals surface area contributed by atoms with Gasteiger partial charge in [0.05, 0.1) is 18.1 Å². The number of benzene rings is 2. The van der Waals surface area contributed by atoms with Crippen LogP contribution < -0.4 is 10.9 Å². The number of rotatable bonds is 4. The molecular formula is C18H15N5OS. The number of nitrogens with one attached hydrogen (secondary N) is 1. The summed E-state index contributed by atoms with van der Waals surface area (Å²) < 4.78 is 1.42. The number of fused-ring (bicyclic) bond motifs is 1. The van der Waals surface area contributed by atoms with Crippen LogP contribution >= 0.6 is 11.3 Å². The Hall–Kier alpha value is -3.06. The largest absolute Gasteiger partial charge is 0.330 e. The second-order valence-electron chi connectivity index (χ2n) is 5.69. The molecule has 0 bridgehead atoms. The predicted molar refractivity (Wildman–Crippen MR) is 99.5 cm³/mol. The van der Waals surface area contributed by atoms with Crippen LogP contribution in [0, 0.1) is 6.92 Å². The van der Waals surface area contributed by atoms with E-state index < -0.39 is 0 Å². The second-order valence-corrected chi connectivity index (χ2v) is 6.75. The second kappa shape index (κ2) is 6.45. The molecule has 0 radical (unpaired) electrons. The van der Waals surface area contributed by atoms with E-state index in [1.807, 2.05) is 49.4 Å². The van der Waals surface area contributed by atoms with Crippen LogP contribution in [0.4, 0.5) is 10.8 Å². The van der Waals surface area contributed by atoms with Gasteiger partial charge in [0, 0.05) is 11.1 Å². The van der Waals surface area contributed by atoms with Gasteiger partial charge in [0.25, 0.3) is 5.56 Å². The van der Waals surface area contributed by atoms with Crippen molar-refractivity contribution in [2.75, 3.05) is 5.32 Å². The molecule has 0 aliphatic carbocycles. The lowest BCUT2D eigenvalue weighted by atomic mass is 10.2. The first kappa shape index (κ1) is 15.5. The average Bonchev–Trinajstić information content (AvgIpc) is 3.07. The van der Waals surface area contributed by atoms with Crippen LogP contribution in [0.25, 0.3) is 10.8 Å². The van der Waals surface area contributed by atoms with Crippen molar-refractivity contribution < 1.29 is 0 Å². The van der Waals surface area contributed by atoms with Crippen LogP contribution in [0.15, 0.2) is 59.5 Å². The first-order valence-electron chi connectivity index (χ1n) is 7.80. The van der Waals surface area contributed by atoms with Crippen LogP contribution in [-0.4, -0.2) is 20.0 Å². The van der Waals surface area contributed by atoms with Gasteiger partial charge in [-0.05, 0) is 25.1 Å². The van der Waals surface area contributed by atoms with Crippen molar-refractivity contribution in [1.82, 2.24) is 20.0 Å². The fourth-order valence-electron chi connectivity index (χ4n) is 2.50. The summed E-state index contributed by atoms with van der Waals surface area (Å²) >= 11 is 1.41. The zero-order valence-corrected chi connectivity index (χ0v) is 14.3. The molecule has 0 saturated carbocycles. The molecule has 4 aromatic rings. The minimum Gasteiger partial charge on any atom is -0.330 e. The minimum atomic E-state index is -0.124. The highest BCUT2D eigenvalue weighted by atomic mass is 32.1. The third-order valence-corrected chi connectivity index (χ3v) is 4.64. The quantitative estimate of drug-likeness (QED) is 0.612. The van der Waals surface area contributed by atoms with E-state index >= 15 is 0 Å². The fourth-order valence-corrected chi connectivity index (χ4v) is 3.24. The van der Waals surface area contributed by atoms with Crippen molar-refractivity contribution in [2.24, 2.45) is 0 Å². The number of aromatic nitrogens is 4. The number of hydrogen-bond donors (Lipinski definition) is 1. The Morgan fingerprint density at radius 3 is 2.72 bits per heavy atom. The molecule has 0 aliphatic heterocycles. The molecule has 0 atom stereocenters. The molecule has 0 amide bonds. The van der Waals surface area contributed by atoms with Crippen molar-refractivity contribution in [3.8, 4) is 0 Å². The van der Waals surface area contributed by atoms with Crippen molar-refractivity contribution in [2.45, 2.75) is 13.5 Å². The molecule has 0 aliphatic rings. The Bertz CT molecular complexity index is 1080. The standard InChI is InChI=1S/C18H15N5OS/c1-12-6-8-14(9-7-12)20-18-22-21-16(25-18)11-23-17(24)15-5-3-2-4-13(15)10-19-23/h2-10H,11H2,1H3,(H,20,22). The van der Waals surface area contributed by atoms with E-state index in [0.29, 0.717) is 17.1 Å². The molecule has 4 rings (SSSR count). The van der Waals surface area contributed by atoms with Gasteiger partial charge < -0.3 is 5.32 Å². The zero-order chi connectivity index (χ0) is 17.2. The number of anilines is 2. The SMILES string of the molecule is Cc1ccc(Nc2nnc(Cn3ncc4ccccc4c3=O)s2)cc1. The molecule has 2 aromatic carbocycles. The summed E-state index contributed by atoms with van der Waals surface area (Å²) in [5.41, 5.74) is 2.03. The average molecular weight is 349 g/mol. The van der Waals surface area contributed by atoms with Gasteiger partial charge in [0.1, 0.15) is 5.01 Å². The lowest BCUT2D eigenvalue weighted by molar-refractivity contribution is 0.640. The molecule has 0 fully saturated rings. The molecule has 2 aromatic heterocycles. The van der Waals surface area contributed by atoms with E-state index in [9.17, 15) is 4.79 Å². The molecule has 0 saturated heterocycles. The van der Waals surface area contributed by atoms with Crippen molar-refractivity contribution >= 4 is 32.9 Å². The molecule has 124 valence electrons. The molecule has 7 heteroatoms. The summed E-state index contributed by atoms with van der Waals surface area (Å²) in [6.45, 7) is 2.35. The van der Waals surface area contributed by atoms with Crippen molar-refractivity contribution in [1.29, 1.82) is 0 Å². The minimum absolute atomic E-state index is 0.124. The van der Waals surface area contributed by atoms with E-state index in [1.165, 1.54) is 21.6 Å². The number of aryl methyl sites for hydroxylation is 1. The van der Waals surface area contributed by atoms with Crippen LogP contribution in [-0.2, 0) is 6.54 Å². The molecule has 0 spiro atoms. The van der Waals surface area contributed by atoms with Gasteiger partial charge >= 0.3 is 0 Å². The summed E-state index contributed by atoms with van der Waals surface area (Å²) in [6, 6.07) is 15.5. The van der Waals surface area contributed by atoms with E-state index in [1.54, 1.807) is 12.3 Å². The zero-order valence-electron chi connectivity index (χ0n) is 13.5. The highest BCUT2D eigenvalue weighted by Gasteiger charge is 2.09. The number of hydrogen-bond acceptors (Lipinski definition) is 6. The van der Waals surface area contributed by atoms with Crippen LogP contribution in [0.5, 0.6) is 0 Å². The summed E-state index contributed by atoms with van der Waals surface area (Å²) in [4.78, 5) is 12.5. The monoisotopic (exact) mass is 349 g/mol. The predicted octanol–water partition coefficient (Wildman–Crippen LogP) is 3.35. The number of nitrogens with zero attached hydrogens (tertiary/aromatic N) is 4. The third kappa shape index (κ3) is 3.27. The van der Waals surface area contributed by atoms with Gasteiger partial charge in [-0.15, -0.1) is 10.2 Å². The Labute approximate surface area is 147 Å². The maximum atomic E-state index is 12.5. The van der Waals surface area contributed by atoms with E-state index in [-0.39, 0.29) is 5.56 Å². The highest BCUT2D eigenvalue weighted by molar-refractivity contribution is 7.15. The summed E-state index contributed by atoms with van der Waals surface area (Å²) in [7, 11) is 0. The Morgan fingerprint density at radius 1 is 1.08 bits per heavy atom. The van der Waals surface area contributed by atoms with E-state index in [2.05, 4.69) is 20.6 Å². The lowest BCUT2D eigenvalue weighted by Gasteiger charge is -2.03. The maximum Gasteiger partial charge on any atom is 0.275 e. The molecule has 1 N–H and O–H groups in total. The van der Waals surface area contributed by atoms with Gasteiger partial charge in [-0.1, -0.05) is 47.2 Å². The first-order valence-corrected chi connectivity index (χ1v) is 8.62. The fraction of sp³-hybridized carbons (Fsp3) is 0.111. The van der Waals surface area contributed by atoms with Crippen LogP contribution in [0.3, 0.4) is 0 Å². The Balaban J connectivity index is 1.56. The Morgan fingerprint density at radius 2 is 1.88 bits per heavy atom. The Kier molecular flexibility index (Phi) is 3.99. The van der Waals surface area contributed by atoms with E-state index in [0.717, 1.165) is 16.1 Å². The van der Waals surface area contributed by atoms with Gasteiger partial charge in [-0.3, -0.25) is 4.79 Å². The van der Waals surface area contributed by atoms with Gasteiger partial charge in [0.15, 0.2) is 0 Å². The van der Waals surface area contributed by atoms with Crippen LogP contribution in [0.2, 0.25) is 0 Å². The van der Waals surface area contributed by atoms with Crippen molar-refractivity contribution in [3.05, 3.63) is 75.7 Å². The summed E-state index contributed by atoms with van der Waals surface area (Å²) in [5, 5.41) is 18.6. The highest BCUT2D eigenvalue weighted by Crippen LogP contribution is 2.21. The third-order valence-electron chi connectivity index (χ3n) is 3.82. The smallest absolute Gasteiger partial charge is 0.275 e. The van der Waals surface area contributed by atoms with Crippen molar-refractivity contribution in [3.63, 3.8) is 0 Å². The van der Waals surface area contributed by atoms with Gasteiger partial charge in [-0.25, -0.2) is 4.68 Å². The summed E-state index contributed by atoms with van der Waals surface area (Å²) in [6.07, 6.45) is 1.70. The van der Waals surface area contributed by atoms with Gasteiger partial charge in [0.2, 0.25) is 5.13 Å². The lowest BCUT2D eigenvalue weighted by Crippen LogP contribution is -2.23. The van der Waals surface area contributed by atoms with Gasteiger partial charge in [-0.2, -0.15) is 5.10 Å². The summed E-state index contributed by atoms with van der Waals surface area (Å²) in [5.74, 6) is 0. The normalized spacial score (nSPS) is 10.9. The topological polar surface area (TPSA) is 72.7 Å². The molecule has 6 nitrogen and oxygen atoms in total. The molecule has 2 heterocycles. The van der Waals surface area contributed by atoms with E-state index in [4.69, 9.17) is 0 Å². The molecule has 0 unspecified atom stereocenters. The molecule has 25 heavy (non-hydrogen) atoms. The first-order chi connectivity index (χ1) is 12.2. The van der Waals surface area contributed by atoms with Crippen LogP contribution in [0.1, 0.15) is 10.6 Å². The molecular weight excluding hydrogens is 334 g/mol.